The van der Waals surface area contributed by atoms with Crippen LogP contribution in [0.5, 0.6) is 5.88 Å². The van der Waals surface area contributed by atoms with Crippen molar-refractivity contribution >= 4 is 22.9 Å². The molecular formula is C11H14N4OS. The molecule has 3 heterocycles. The van der Waals surface area contributed by atoms with Crippen molar-refractivity contribution in [2.24, 2.45) is 0 Å². The lowest BCUT2D eigenvalue weighted by molar-refractivity contribution is 0.399. The van der Waals surface area contributed by atoms with Gasteiger partial charge in [0.2, 0.25) is 5.88 Å². The molecule has 0 bridgehead atoms. The predicted molar refractivity (Wildman–Crippen MR) is 68.5 cm³/mol. The highest BCUT2D eigenvalue weighted by molar-refractivity contribution is 7.99. The molecule has 2 aromatic heterocycles. The van der Waals surface area contributed by atoms with Gasteiger partial charge in [-0.15, -0.1) is 0 Å². The fourth-order valence-corrected chi connectivity index (χ4v) is 2.85. The van der Waals surface area contributed by atoms with Crippen LogP contribution in [0.2, 0.25) is 0 Å². The minimum atomic E-state index is 0.300. The second-order valence-electron chi connectivity index (χ2n) is 3.93. The van der Waals surface area contributed by atoms with E-state index in [4.69, 9.17) is 4.74 Å². The highest BCUT2D eigenvalue weighted by atomic mass is 32.2. The van der Waals surface area contributed by atoms with Crippen LogP contribution in [0.25, 0.3) is 11.2 Å². The van der Waals surface area contributed by atoms with Crippen LogP contribution < -0.4 is 10.1 Å². The van der Waals surface area contributed by atoms with Gasteiger partial charge >= 0.3 is 0 Å². The van der Waals surface area contributed by atoms with Crippen molar-refractivity contribution in [3.8, 4) is 5.88 Å². The molecule has 5 nitrogen and oxygen atoms in total. The summed E-state index contributed by atoms with van der Waals surface area (Å²) >= 11 is 1.95. The van der Waals surface area contributed by atoms with Crippen LogP contribution in [0.15, 0.2) is 12.1 Å². The Hall–Kier alpha value is -1.27. The highest BCUT2D eigenvalue weighted by Gasteiger charge is 2.18. The van der Waals surface area contributed by atoms with Crippen molar-refractivity contribution in [1.29, 1.82) is 0 Å². The van der Waals surface area contributed by atoms with E-state index in [1.165, 1.54) is 5.75 Å². The van der Waals surface area contributed by atoms with Crippen molar-refractivity contribution in [1.82, 2.24) is 20.3 Å². The van der Waals surface area contributed by atoms with Crippen LogP contribution in [0, 0.1) is 0 Å². The Labute approximate surface area is 103 Å². The van der Waals surface area contributed by atoms with E-state index in [1.807, 2.05) is 23.9 Å². The molecule has 1 aliphatic rings. The summed E-state index contributed by atoms with van der Waals surface area (Å²) in [7, 11) is 1.61. The van der Waals surface area contributed by atoms with Crippen LogP contribution in [0.4, 0.5) is 0 Å². The van der Waals surface area contributed by atoms with E-state index < -0.39 is 0 Å². The second-order valence-corrected chi connectivity index (χ2v) is 5.08. The average molecular weight is 250 g/mol. The minimum Gasteiger partial charge on any atom is -0.481 e. The fraction of sp³-hybridized carbons (Fsp3) is 0.455. The van der Waals surface area contributed by atoms with Crippen molar-refractivity contribution < 1.29 is 4.74 Å². The molecule has 0 aromatic carbocycles. The number of rotatable bonds is 2. The quantitative estimate of drug-likeness (QED) is 0.842. The Bertz CT molecular complexity index is 521. The smallest absolute Gasteiger partial charge is 0.215 e. The zero-order valence-electron chi connectivity index (χ0n) is 9.56. The normalized spacial score (nSPS) is 20.6. The molecule has 3 rings (SSSR count). The maximum absolute atomic E-state index is 5.09. The Kier molecular flexibility index (Phi) is 2.90. The Morgan fingerprint density at radius 1 is 1.41 bits per heavy atom. The molecule has 0 amide bonds. The molecule has 6 heteroatoms. The number of methoxy groups -OCH3 is 1. The molecule has 0 saturated carbocycles. The van der Waals surface area contributed by atoms with Crippen LogP contribution >= 0.6 is 11.8 Å². The largest absolute Gasteiger partial charge is 0.481 e. The van der Waals surface area contributed by atoms with Gasteiger partial charge in [0.25, 0.3) is 0 Å². The first kappa shape index (κ1) is 10.9. The van der Waals surface area contributed by atoms with Crippen LogP contribution in [0.1, 0.15) is 11.9 Å². The Morgan fingerprint density at radius 2 is 2.35 bits per heavy atom. The molecule has 1 fully saturated rings. The molecule has 0 spiro atoms. The van der Waals surface area contributed by atoms with E-state index in [0.717, 1.165) is 29.3 Å². The van der Waals surface area contributed by atoms with E-state index >= 15 is 0 Å². The zero-order chi connectivity index (χ0) is 11.7. The number of hydrogen-bond donors (Lipinski definition) is 2. The predicted octanol–water partition coefficient (Wildman–Crippen LogP) is 1.34. The number of nitrogens with one attached hydrogen (secondary N) is 2. The third-order valence-electron chi connectivity index (χ3n) is 2.80. The fourth-order valence-electron chi connectivity index (χ4n) is 1.91. The van der Waals surface area contributed by atoms with Gasteiger partial charge < -0.3 is 15.0 Å². The molecule has 2 aromatic rings. The summed E-state index contributed by atoms with van der Waals surface area (Å²) < 4.78 is 5.09. The number of aromatic amines is 1. The van der Waals surface area contributed by atoms with Gasteiger partial charge in [0.15, 0.2) is 5.65 Å². The van der Waals surface area contributed by atoms with Gasteiger partial charge in [-0.3, -0.25) is 0 Å². The van der Waals surface area contributed by atoms with E-state index in [-0.39, 0.29) is 0 Å². The summed E-state index contributed by atoms with van der Waals surface area (Å²) in [4.78, 5) is 12.1. The highest BCUT2D eigenvalue weighted by Crippen LogP contribution is 2.22. The lowest BCUT2D eigenvalue weighted by Gasteiger charge is -2.20. The summed E-state index contributed by atoms with van der Waals surface area (Å²) in [6.45, 7) is 1.03. The summed E-state index contributed by atoms with van der Waals surface area (Å²) in [5, 5.41) is 3.45. The van der Waals surface area contributed by atoms with Gasteiger partial charge in [-0.2, -0.15) is 16.7 Å². The Balaban J connectivity index is 1.95. The van der Waals surface area contributed by atoms with Crippen LogP contribution in [-0.2, 0) is 0 Å². The number of hydrogen-bond acceptors (Lipinski definition) is 5. The number of fused-ring (bicyclic) bond motifs is 1. The SMILES string of the molecule is COc1ccc2[nH]c(C3CSCCN3)nc2n1. The van der Waals surface area contributed by atoms with Crippen LogP contribution in [-0.4, -0.2) is 40.1 Å². The molecule has 1 atom stereocenters. The number of aromatic nitrogens is 3. The first-order chi connectivity index (χ1) is 8.36. The number of ether oxygens (including phenoxy) is 1. The van der Waals surface area contributed by atoms with Gasteiger partial charge in [-0.05, 0) is 6.07 Å². The average Bonchev–Trinajstić information content (AvgIpc) is 2.82. The van der Waals surface area contributed by atoms with E-state index in [9.17, 15) is 0 Å². The monoisotopic (exact) mass is 250 g/mol. The number of imidazole rings is 1. The molecule has 90 valence electrons. The second kappa shape index (κ2) is 4.54. The molecule has 17 heavy (non-hydrogen) atoms. The van der Waals surface area contributed by atoms with E-state index in [1.54, 1.807) is 7.11 Å². The van der Waals surface area contributed by atoms with Gasteiger partial charge in [0, 0.05) is 24.1 Å². The van der Waals surface area contributed by atoms with Gasteiger partial charge in [0.1, 0.15) is 5.82 Å². The molecular weight excluding hydrogens is 236 g/mol. The van der Waals surface area contributed by atoms with Crippen molar-refractivity contribution in [2.45, 2.75) is 6.04 Å². The number of thioether (sulfide) groups is 1. The topological polar surface area (TPSA) is 62.8 Å². The molecule has 1 aliphatic heterocycles. The first-order valence-corrected chi connectivity index (χ1v) is 6.74. The Morgan fingerprint density at radius 3 is 3.12 bits per heavy atom. The summed E-state index contributed by atoms with van der Waals surface area (Å²) in [5.74, 6) is 3.79. The summed E-state index contributed by atoms with van der Waals surface area (Å²) in [5.41, 5.74) is 1.68. The molecule has 0 radical (unpaired) electrons. The molecule has 1 unspecified atom stereocenters. The summed E-state index contributed by atoms with van der Waals surface area (Å²) in [6.07, 6.45) is 0. The number of H-pyrrole nitrogens is 1. The third kappa shape index (κ3) is 2.10. The van der Waals surface area contributed by atoms with Crippen molar-refractivity contribution in [3.63, 3.8) is 0 Å². The van der Waals surface area contributed by atoms with Gasteiger partial charge in [0.05, 0.1) is 18.7 Å². The minimum absolute atomic E-state index is 0.300. The van der Waals surface area contributed by atoms with Gasteiger partial charge in [-0.1, -0.05) is 0 Å². The van der Waals surface area contributed by atoms with Crippen molar-refractivity contribution in [2.75, 3.05) is 25.2 Å². The first-order valence-electron chi connectivity index (χ1n) is 5.58. The van der Waals surface area contributed by atoms with E-state index in [0.29, 0.717) is 11.9 Å². The lowest BCUT2D eigenvalue weighted by Crippen LogP contribution is -2.30. The van der Waals surface area contributed by atoms with Crippen molar-refractivity contribution in [3.05, 3.63) is 18.0 Å². The number of pyridine rings is 1. The maximum atomic E-state index is 5.09. The zero-order valence-corrected chi connectivity index (χ0v) is 10.4. The lowest BCUT2D eigenvalue weighted by atomic mass is 10.3. The van der Waals surface area contributed by atoms with Gasteiger partial charge in [-0.25, -0.2) is 4.98 Å². The standard InChI is InChI=1S/C11H14N4OS/c1-16-9-3-2-7-10(14-9)15-11(13-7)8-6-17-5-4-12-8/h2-3,8,12H,4-6H2,1H3,(H,13,14,15). The summed E-state index contributed by atoms with van der Waals surface area (Å²) in [6, 6.07) is 4.09. The van der Waals surface area contributed by atoms with E-state index in [2.05, 4.69) is 20.3 Å². The number of nitrogens with zero attached hydrogens (tertiary/aromatic N) is 2. The van der Waals surface area contributed by atoms with Crippen LogP contribution in [0.3, 0.4) is 0 Å². The maximum Gasteiger partial charge on any atom is 0.215 e. The molecule has 1 saturated heterocycles. The molecule has 2 N–H and O–H groups in total. The molecule has 0 aliphatic carbocycles. The third-order valence-corrected chi connectivity index (χ3v) is 3.86.